The van der Waals surface area contributed by atoms with Crippen LogP contribution in [0.3, 0.4) is 0 Å². The van der Waals surface area contributed by atoms with Crippen molar-refractivity contribution in [2.24, 2.45) is 5.73 Å². The summed E-state index contributed by atoms with van der Waals surface area (Å²) < 4.78 is 7.03. The van der Waals surface area contributed by atoms with Gasteiger partial charge in [0.2, 0.25) is 0 Å². The van der Waals surface area contributed by atoms with Gasteiger partial charge in [0.15, 0.2) is 12.4 Å². The molecule has 0 aliphatic carbocycles. The van der Waals surface area contributed by atoms with Gasteiger partial charge >= 0.3 is 0 Å². The fourth-order valence-electron chi connectivity index (χ4n) is 2.61. The predicted molar refractivity (Wildman–Crippen MR) is 84.9 cm³/mol. The number of ether oxygens (including phenoxy) is 1. The van der Waals surface area contributed by atoms with Crippen LogP contribution in [0.4, 0.5) is 0 Å². The maximum absolute atomic E-state index is 12.2. The fraction of sp³-hybridized carbons (Fsp3) is 0.625. The van der Waals surface area contributed by atoms with Gasteiger partial charge in [0.1, 0.15) is 0 Å². The summed E-state index contributed by atoms with van der Waals surface area (Å²) in [5.41, 5.74) is 5.25. The highest BCUT2D eigenvalue weighted by atomic mass is 16.5. The Morgan fingerprint density at radius 3 is 2.64 bits per heavy atom. The second-order valence-corrected chi connectivity index (χ2v) is 5.60. The smallest absolute Gasteiger partial charge is 0.292 e. The molecule has 1 aromatic rings. The summed E-state index contributed by atoms with van der Waals surface area (Å²) >= 11 is 0. The van der Waals surface area contributed by atoms with Crippen LogP contribution in [0, 0.1) is 0 Å². The first-order valence-corrected chi connectivity index (χ1v) is 8.02. The molecule has 1 aliphatic heterocycles. The summed E-state index contributed by atoms with van der Waals surface area (Å²) in [6, 6.07) is 3.36. The van der Waals surface area contributed by atoms with Crippen LogP contribution in [0.2, 0.25) is 0 Å². The van der Waals surface area contributed by atoms with Gasteiger partial charge < -0.3 is 19.9 Å². The quantitative estimate of drug-likeness (QED) is 0.850. The average molecular weight is 307 g/mol. The minimum Gasteiger partial charge on any atom is -0.478 e. The number of nitrogens with two attached hydrogens (primary N) is 1. The maximum atomic E-state index is 12.2. The van der Waals surface area contributed by atoms with Gasteiger partial charge in [-0.15, -0.1) is 0 Å². The van der Waals surface area contributed by atoms with Crippen LogP contribution in [0.15, 0.2) is 23.1 Å². The van der Waals surface area contributed by atoms with E-state index in [9.17, 15) is 9.59 Å². The fourth-order valence-corrected chi connectivity index (χ4v) is 2.61. The monoisotopic (exact) mass is 307 g/mol. The van der Waals surface area contributed by atoms with Crippen molar-refractivity contribution >= 4 is 5.91 Å². The summed E-state index contributed by atoms with van der Waals surface area (Å²) in [6.45, 7) is 2.60. The highest BCUT2D eigenvalue weighted by Crippen LogP contribution is 2.10. The highest BCUT2D eigenvalue weighted by molar-refractivity contribution is 5.77. The lowest BCUT2D eigenvalue weighted by Crippen LogP contribution is -2.36. The molecule has 0 atom stereocenters. The highest BCUT2D eigenvalue weighted by Gasteiger charge is 2.16. The number of amides is 1. The summed E-state index contributed by atoms with van der Waals surface area (Å²) in [6.07, 6.45) is 6.88. The molecule has 0 spiro atoms. The van der Waals surface area contributed by atoms with Gasteiger partial charge in [-0.1, -0.05) is 12.8 Å². The SMILES string of the molecule is NCCCn1cccc(OCC(=O)N2CCCCCC2)c1=O. The van der Waals surface area contributed by atoms with Crippen molar-refractivity contribution in [2.45, 2.75) is 38.6 Å². The van der Waals surface area contributed by atoms with E-state index < -0.39 is 0 Å². The standard InChI is InChI=1S/C16H25N3O3/c17-8-6-12-19-11-5-7-14(16(19)21)22-13-15(20)18-9-3-1-2-4-10-18/h5,7,11H,1-4,6,8-10,12-13,17H2. The minimum absolute atomic E-state index is 0.0429. The van der Waals surface area contributed by atoms with Gasteiger partial charge in [0, 0.05) is 25.8 Å². The number of pyridine rings is 1. The van der Waals surface area contributed by atoms with Crippen LogP contribution in [0.25, 0.3) is 0 Å². The van der Waals surface area contributed by atoms with Crippen LogP contribution >= 0.6 is 0 Å². The topological polar surface area (TPSA) is 77.6 Å². The third-order valence-corrected chi connectivity index (χ3v) is 3.90. The van der Waals surface area contributed by atoms with Crippen molar-refractivity contribution < 1.29 is 9.53 Å². The van der Waals surface area contributed by atoms with Crippen molar-refractivity contribution in [3.8, 4) is 5.75 Å². The zero-order valence-corrected chi connectivity index (χ0v) is 13.0. The number of hydrogen-bond acceptors (Lipinski definition) is 4. The summed E-state index contributed by atoms with van der Waals surface area (Å²) in [7, 11) is 0. The molecule has 0 aromatic carbocycles. The molecule has 6 heteroatoms. The molecule has 2 N–H and O–H groups in total. The Morgan fingerprint density at radius 1 is 1.23 bits per heavy atom. The zero-order chi connectivity index (χ0) is 15.8. The molecule has 0 bridgehead atoms. The molecule has 1 fully saturated rings. The van der Waals surface area contributed by atoms with E-state index in [-0.39, 0.29) is 23.8 Å². The van der Waals surface area contributed by atoms with Gasteiger partial charge in [0.25, 0.3) is 11.5 Å². The van der Waals surface area contributed by atoms with E-state index in [1.807, 2.05) is 4.90 Å². The number of rotatable bonds is 6. The number of aryl methyl sites for hydroxylation is 1. The van der Waals surface area contributed by atoms with Crippen LogP contribution in [0.5, 0.6) is 5.75 Å². The first-order chi connectivity index (χ1) is 10.7. The van der Waals surface area contributed by atoms with Gasteiger partial charge in [-0.05, 0) is 37.9 Å². The molecule has 0 saturated carbocycles. The molecule has 1 aliphatic rings. The summed E-state index contributed by atoms with van der Waals surface area (Å²) in [5.74, 6) is 0.182. The van der Waals surface area contributed by atoms with Gasteiger partial charge in [-0.2, -0.15) is 0 Å². The second kappa shape index (κ2) is 8.58. The maximum Gasteiger partial charge on any atom is 0.292 e. The lowest BCUT2D eigenvalue weighted by molar-refractivity contribution is -0.133. The van der Waals surface area contributed by atoms with Crippen molar-refractivity contribution in [3.05, 3.63) is 28.7 Å². The minimum atomic E-state index is -0.209. The molecule has 0 radical (unpaired) electrons. The molecule has 122 valence electrons. The Hall–Kier alpha value is -1.82. The largest absolute Gasteiger partial charge is 0.478 e. The van der Waals surface area contributed by atoms with Crippen molar-refractivity contribution in [3.63, 3.8) is 0 Å². The summed E-state index contributed by atoms with van der Waals surface area (Å²) in [5, 5.41) is 0. The third-order valence-electron chi connectivity index (χ3n) is 3.90. The van der Waals surface area contributed by atoms with Gasteiger partial charge in [-0.25, -0.2) is 0 Å². The normalized spacial score (nSPS) is 15.4. The van der Waals surface area contributed by atoms with E-state index >= 15 is 0 Å². The van der Waals surface area contributed by atoms with Gasteiger partial charge in [-0.3, -0.25) is 9.59 Å². The Bertz CT molecular complexity index is 534. The van der Waals surface area contributed by atoms with E-state index in [4.69, 9.17) is 10.5 Å². The number of likely N-dealkylation sites (tertiary alicyclic amines) is 1. The zero-order valence-electron chi connectivity index (χ0n) is 13.0. The molecule has 1 amide bonds. The molecule has 1 aromatic heterocycles. The number of hydrogen-bond donors (Lipinski definition) is 1. The number of nitrogens with zero attached hydrogens (tertiary/aromatic N) is 2. The predicted octanol–water partition coefficient (Wildman–Crippen LogP) is 0.978. The first-order valence-electron chi connectivity index (χ1n) is 8.02. The third kappa shape index (κ3) is 4.59. The van der Waals surface area contributed by atoms with E-state index in [2.05, 4.69) is 0 Å². The molecule has 22 heavy (non-hydrogen) atoms. The van der Waals surface area contributed by atoms with Crippen LogP contribution in [-0.4, -0.2) is 41.6 Å². The molecular weight excluding hydrogens is 282 g/mol. The van der Waals surface area contributed by atoms with E-state index in [0.29, 0.717) is 13.1 Å². The molecule has 1 saturated heterocycles. The Kier molecular flexibility index (Phi) is 6.45. The number of carbonyl (C=O) groups excluding carboxylic acids is 1. The van der Waals surface area contributed by atoms with Crippen molar-refractivity contribution in [2.75, 3.05) is 26.2 Å². The Labute approximate surface area is 130 Å². The lowest BCUT2D eigenvalue weighted by Gasteiger charge is -2.20. The Morgan fingerprint density at radius 2 is 1.95 bits per heavy atom. The van der Waals surface area contributed by atoms with E-state index in [1.54, 1.807) is 22.9 Å². The number of aromatic nitrogens is 1. The van der Waals surface area contributed by atoms with E-state index in [0.717, 1.165) is 32.4 Å². The molecule has 6 nitrogen and oxygen atoms in total. The molecule has 2 rings (SSSR count). The summed E-state index contributed by atoms with van der Waals surface area (Å²) in [4.78, 5) is 26.2. The van der Waals surface area contributed by atoms with Crippen LogP contribution in [-0.2, 0) is 11.3 Å². The number of carbonyl (C=O) groups is 1. The second-order valence-electron chi connectivity index (χ2n) is 5.60. The average Bonchev–Trinajstić information content (AvgIpc) is 2.82. The molecule has 0 unspecified atom stereocenters. The molecular formula is C16H25N3O3. The van der Waals surface area contributed by atoms with Gasteiger partial charge in [0.05, 0.1) is 0 Å². The van der Waals surface area contributed by atoms with Crippen LogP contribution in [0.1, 0.15) is 32.1 Å². The first kappa shape index (κ1) is 16.5. The van der Waals surface area contributed by atoms with Crippen molar-refractivity contribution in [1.82, 2.24) is 9.47 Å². The lowest BCUT2D eigenvalue weighted by atomic mass is 10.2. The van der Waals surface area contributed by atoms with E-state index in [1.165, 1.54) is 12.8 Å². The molecule has 2 heterocycles. The van der Waals surface area contributed by atoms with Crippen LogP contribution < -0.4 is 16.0 Å². The Balaban J connectivity index is 1.93. The van der Waals surface area contributed by atoms with Crippen molar-refractivity contribution in [1.29, 1.82) is 0 Å².